The highest BCUT2D eigenvalue weighted by Crippen LogP contribution is 2.23. The molecule has 1 aliphatic heterocycles. The lowest BCUT2D eigenvalue weighted by molar-refractivity contribution is 0.0692. The molecular weight excluding hydrogens is 364 g/mol. The monoisotopic (exact) mass is 382 g/mol. The summed E-state index contributed by atoms with van der Waals surface area (Å²) in [6.07, 6.45) is 0. The molecule has 9 heteroatoms. The number of piperazine rings is 1. The molecule has 0 atom stereocenters. The molecule has 2 heterocycles. The number of carbonyl (C=O) groups is 1. The average molecular weight is 383 g/mol. The van der Waals surface area contributed by atoms with E-state index in [1.807, 2.05) is 13.8 Å². The quantitative estimate of drug-likeness (QED) is 0.877. The van der Waals surface area contributed by atoms with Crippen molar-refractivity contribution >= 4 is 27.5 Å². The van der Waals surface area contributed by atoms with Crippen molar-refractivity contribution in [2.75, 3.05) is 26.2 Å². The number of aromatic amines is 1. The summed E-state index contributed by atoms with van der Waals surface area (Å²) in [6.45, 7) is 4.76. The third kappa shape index (κ3) is 3.56. The highest BCUT2D eigenvalue weighted by atomic mass is 35.5. The Labute approximate surface area is 151 Å². The smallest absolute Gasteiger partial charge is 0.274 e. The van der Waals surface area contributed by atoms with Crippen molar-refractivity contribution < 1.29 is 13.2 Å². The summed E-state index contributed by atoms with van der Waals surface area (Å²) in [7, 11) is -3.62. The molecular formula is C16H19ClN4O3S. The zero-order valence-electron chi connectivity index (χ0n) is 14.0. The Morgan fingerprint density at radius 3 is 2.40 bits per heavy atom. The fraction of sp³-hybridized carbons (Fsp3) is 0.375. The molecule has 1 fully saturated rings. The van der Waals surface area contributed by atoms with E-state index in [2.05, 4.69) is 10.2 Å². The molecule has 1 aromatic heterocycles. The van der Waals surface area contributed by atoms with Crippen LogP contribution in [0, 0.1) is 13.8 Å². The number of hydrogen-bond donors (Lipinski definition) is 1. The van der Waals surface area contributed by atoms with Crippen molar-refractivity contribution in [1.29, 1.82) is 0 Å². The molecule has 0 saturated carbocycles. The first-order valence-corrected chi connectivity index (χ1v) is 9.68. The Hall–Kier alpha value is -1.90. The molecule has 2 aromatic rings. The number of carbonyl (C=O) groups excluding carboxylic acids is 1. The fourth-order valence-corrected chi connectivity index (χ4v) is 4.40. The van der Waals surface area contributed by atoms with Gasteiger partial charge in [-0.1, -0.05) is 17.7 Å². The molecule has 0 unspecified atom stereocenters. The molecule has 0 radical (unpaired) electrons. The van der Waals surface area contributed by atoms with Gasteiger partial charge in [0.15, 0.2) is 0 Å². The molecule has 1 N–H and O–H groups in total. The van der Waals surface area contributed by atoms with E-state index >= 15 is 0 Å². The van der Waals surface area contributed by atoms with E-state index < -0.39 is 10.0 Å². The van der Waals surface area contributed by atoms with Gasteiger partial charge < -0.3 is 4.90 Å². The highest BCUT2D eigenvalue weighted by Gasteiger charge is 2.31. The van der Waals surface area contributed by atoms with Crippen LogP contribution in [0.5, 0.6) is 0 Å². The predicted molar refractivity (Wildman–Crippen MR) is 94.2 cm³/mol. The second kappa shape index (κ2) is 6.78. The van der Waals surface area contributed by atoms with Crippen LogP contribution < -0.4 is 0 Å². The first-order chi connectivity index (χ1) is 11.8. The van der Waals surface area contributed by atoms with Crippen molar-refractivity contribution in [2.45, 2.75) is 18.7 Å². The van der Waals surface area contributed by atoms with Gasteiger partial charge in [0.2, 0.25) is 10.0 Å². The maximum absolute atomic E-state index is 12.7. The van der Waals surface area contributed by atoms with Gasteiger partial charge in [-0.05, 0) is 37.6 Å². The standard InChI is InChI=1S/C16H19ClN4O3S/c1-11-3-4-13(10-14(11)17)25(23,24)21-7-5-20(6-8-21)16(22)15-9-12(2)18-19-15/h3-4,9-10H,5-8H2,1-2H3,(H,18,19). The van der Waals surface area contributed by atoms with Gasteiger partial charge >= 0.3 is 0 Å². The number of H-pyrrole nitrogens is 1. The minimum Gasteiger partial charge on any atom is -0.335 e. The number of aromatic nitrogens is 2. The molecule has 1 aliphatic rings. The molecule has 1 amide bonds. The maximum Gasteiger partial charge on any atom is 0.274 e. The zero-order valence-corrected chi connectivity index (χ0v) is 15.6. The van der Waals surface area contributed by atoms with Crippen LogP contribution in [-0.4, -0.2) is 59.9 Å². The van der Waals surface area contributed by atoms with Gasteiger partial charge in [-0.25, -0.2) is 8.42 Å². The van der Waals surface area contributed by atoms with Gasteiger partial charge in [0, 0.05) is 36.9 Å². The Kier molecular flexibility index (Phi) is 4.86. The summed E-state index contributed by atoms with van der Waals surface area (Å²) >= 11 is 6.05. The average Bonchev–Trinajstić information content (AvgIpc) is 3.03. The second-order valence-corrected chi connectivity index (χ2v) is 8.39. The summed E-state index contributed by atoms with van der Waals surface area (Å²) in [4.78, 5) is 14.2. The number of nitrogens with one attached hydrogen (secondary N) is 1. The number of hydrogen-bond acceptors (Lipinski definition) is 4. The van der Waals surface area contributed by atoms with E-state index in [1.165, 1.54) is 10.4 Å². The van der Waals surface area contributed by atoms with Crippen molar-refractivity contribution in [3.8, 4) is 0 Å². The second-order valence-electron chi connectivity index (χ2n) is 6.04. The Balaban J connectivity index is 1.71. The van der Waals surface area contributed by atoms with Gasteiger partial charge in [0.05, 0.1) is 4.90 Å². The molecule has 7 nitrogen and oxygen atoms in total. The third-order valence-electron chi connectivity index (χ3n) is 4.23. The van der Waals surface area contributed by atoms with Gasteiger partial charge in [-0.3, -0.25) is 9.89 Å². The summed E-state index contributed by atoms with van der Waals surface area (Å²) in [6, 6.07) is 6.39. The van der Waals surface area contributed by atoms with Gasteiger partial charge in [-0.2, -0.15) is 9.40 Å². The first kappa shape index (κ1) is 17.9. The summed E-state index contributed by atoms with van der Waals surface area (Å²) in [5.41, 5.74) is 1.98. The fourth-order valence-electron chi connectivity index (χ4n) is 2.70. The topological polar surface area (TPSA) is 86.4 Å². The van der Waals surface area contributed by atoms with Crippen LogP contribution in [-0.2, 0) is 10.0 Å². The lowest BCUT2D eigenvalue weighted by Gasteiger charge is -2.33. The normalized spacial score (nSPS) is 16.2. The van der Waals surface area contributed by atoms with E-state index in [4.69, 9.17) is 11.6 Å². The van der Waals surface area contributed by atoms with Crippen LogP contribution in [0.4, 0.5) is 0 Å². The molecule has 0 aliphatic carbocycles. The van der Waals surface area contributed by atoms with Crippen molar-refractivity contribution in [3.63, 3.8) is 0 Å². The van der Waals surface area contributed by atoms with E-state index in [9.17, 15) is 13.2 Å². The van der Waals surface area contributed by atoms with Crippen LogP contribution in [0.2, 0.25) is 5.02 Å². The summed E-state index contributed by atoms with van der Waals surface area (Å²) < 4.78 is 26.9. The van der Waals surface area contributed by atoms with Crippen LogP contribution >= 0.6 is 11.6 Å². The van der Waals surface area contributed by atoms with Crippen LogP contribution in [0.15, 0.2) is 29.2 Å². The Morgan fingerprint density at radius 1 is 1.16 bits per heavy atom. The molecule has 0 spiro atoms. The van der Waals surface area contributed by atoms with Crippen molar-refractivity contribution in [1.82, 2.24) is 19.4 Å². The van der Waals surface area contributed by atoms with Gasteiger partial charge in [0.25, 0.3) is 5.91 Å². The number of sulfonamides is 1. The van der Waals surface area contributed by atoms with E-state index in [-0.39, 0.29) is 23.9 Å². The Morgan fingerprint density at radius 2 is 1.84 bits per heavy atom. The predicted octanol–water partition coefficient (Wildman–Crippen LogP) is 1.83. The molecule has 1 saturated heterocycles. The van der Waals surface area contributed by atoms with Crippen molar-refractivity contribution in [3.05, 3.63) is 46.2 Å². The highest BCUT2D eigenvalue weighted by molar-refractivity contribution is 7.89. The number of aryl methyl sites for hydroxylation is 2. The molecule has 1 aromatic carbocycles. The van der Waals surface area contributed by atoms with E-state index in [0.29, 0.717) is 23.8 Å². The number of rotatable bonds is 3. The van der Waals surface area contributed by atoms with E-state index in [1.54, 1.807) is 23.1 Å². The van der Waals surface area contributed by atoms with E-state index in [0.717, 1.165) is 11.3 Å². The SMILES string of the molecule is Cc1cc(C(=O)N2CCN(S(=O)(=O)c3ccc(C)c(Cl)c3)CC2)n[nH]1. The van der Waals surface area contributed by atoms with Gasteiger partial charge in [-0.15, -0.1) is 0 Å². The molecule has 25 heavy (non-hydrogen) atoms. The van der Waals surface area contributed by atoms with Crippen LogP contribution in [0.1, 0.15) is 21.7 Å². The maximum atomic E-state index is 12.7. The minimum atomic E-state index is -3.62. The van der Waals surface area contributed by atoms with Crippen LogP contribution in [0.25, 0.3) is 0 Å². The Bertz CT molecular complexity index is 902. The molecule has 3 rings (SSSR count). The summed E-state index contributed by atoms with van der Waals surface area (Å²) in [5, 5.41) is 7.12. The first-order valence-electron chi connectivity index (χ1n) is 7.86. The number of nitrogens with zero attached hydrogens (tertiary/aromatic N) is 3. The van der Waals surface area contributed by atoms with Crippen molar-refractivity contribution in [2.24, 2.45) is 0 Å². The molecule has 134 valence electrons. The molecule has 0 bridgehead atoms. The lowest BCUT2D eigenvalue weighted by atomic mass is 10.2. The number of halogens is 1. The third-order valence-corrected chi connectivity index (χ3v) is 6.53. The zero-order chi connectivity index (χ0) is 18.2. The minimum absolute atomic E-state index is 0.172. The van der Waals surface area contributed by atoms with Crippen LogP contribution in [0.3, 0.4) is 0 Å². The lowest BCUT2D eigenvalue weighted by Crippen LogP contribution is -2.50. The summed E-state index contributed by atoms with van der Waals surface area (Å²) in [5.74, 6) is -0.195. The van der Waals surface area contributed by atoms with Gasteiger partial charge in [0.1, 0.15) is 5.69 Å². The number of benzene rings is 1. The largest absolute Gasteiger partial charge is 0.335 e. The number of amides is 1.